The molecule has 1 heterocycles. The van der Waals surface area contributed by atoms with Gasteiger partial charge < -0.3 is 10.1 Å². The molecule has 21 heavy (non-hydrogen) atoms. The lowest BCUT2D eigenvalue weighted by Gasteiger charge is -2.19. The van der Waals surface area contributed by atoms with Crippen molar-refractivity contribution in [3.8, 4) is 5.75 Å². The van der Waals surface area contributed by atoms with Crippen molar-refractivity contribution in [2.75, 3.05) is 13.7 Å². The predicted molar refractivity (Wildman–Crippen MR) is 95.2 cm³/mol. The molecule has 1 N–H and O–H groups in total. The molecule has 1 unspecified atom stereocenters. The molecule has 1 aromatic heterocycles. The van der Waals surface area contributed by atoms with Crippen LogP contribution in [0, 0.1) is 0 Å². The van der Waals surface area contributed by atoms with Gasteiger partial charge in [-0.3, -0.25) is 0 Å². The minimum absolute atomic E-state index is 0.120. The summed E-state index contributed by atoms with van der Waals surface area (Å²) < 4.78 is 7.81. The summed E-state index contributed by atoms with van der Waals surface area (Å²) in [6.45, 7) is 2.94. The topological polar surface area (TPSA) is 21.3 Å². The number of ether oxygens (including phenoxy) is 1. The van der Waals surface area contributed by atoms with Gasteiger partial charge in [0.05, 0.1) is 15.8 Å². The summed E-state index contributed by atoms with van der Waals surface area (Å²) in [7, 11) is 1.67. The van der Waals surface area contributed by atoms with Gasteiger partial charge in [0.15, 0.2) is 0 Å². The maximum absolute atomic E-state index is 6.30. The van der Waals surface area contributed by atoms with Gasteiger partial charge in [0.2, 0.25) is 0 Å². The molecule has 0 aliphatic rings. The van der Waals surface area contributed by atoms with E-state index in [0.717, 1.165) is 33.1 Å². The van der Waals surface area contributed by atoms with Crippen LogP contribution in [0.2, 0.25) is 8.67 Å². The Kier molecular flexibility index (Phi) is 6.38. The number of halogens is 3. The van der Waals surface area contributed by atoms with Gasteiger partial charge in [-0.25, -0.2) is 0 Å². The van der Waals surface area contributed by atoms with Crippen molar-refractivity contribution in [1.29, 1.82) is 0 Å². The number of hydrogen-bond donors (Lipinski definition) is 1. The van der Waals surface area contributed by atoms with Crippen LogP contribution < -0.4 is 10.1 Å². The number of likely N-dealkylation sites (N-methyl/N-ethyl adjacent to an activating group) is 1. The zero-order valence-corrected chi connectivity index (χ0v) is 15.7. The lowest BCUT2D eigenvalue weighted by molar-refractivity contribution is 0.413. The van der Waals surface area contributed by atoms with E-state index in [4.69, 9.17) is 27.9 Å². The minimum atomic E-state index is 0.120. The SMILES string of the molecule is CCNC(Cc1cc(OC)ccc1Br)c1cc(Cl)sc1Cl. The molecule has 0 bridgehead atoms. The number of thiophene rings is 1. The Bertz CT molecular complexity index is 618. The molecule has 2 nitrogen and oxygen atoms in total. The fourth-order valence-electron chi connectivity index (χ4n) is 2.18. The van der Waals surface area contributed by atoms with E-state index in [2.05, 4.69) is 28.2 Å². The number of benzene rings is 1. The number of rotatable bonds is 6. The second kappa shape index (κ2) is 7.84. The molecule has 0 aliphatic carbocycles. The maximum atomic E-state index is 6.30. The first-order chi connectivity index (χ1) is 10.0. The van der Waals surface area contributed by atoms with Crippen molar-refractivity contribution in [2.45, 2.75) is 19.4 Å². The summed E-state index contributed by atoms with van der Waals surface area (Å²) in [5.41, 5.74) is 2.21. The molecule has 0 aliphatic heterocycles. The van der Waals surface area contributed by atoms with E-state index in [1.54, 1.807) is 7.11 Å². The smallest absolute Gasteiger partial charge is 0.119 e. The average Bonchev–Trinajstić information content (AvgIpc) is 2.79. The second-order valence-corrected chi connectivity index (χ2v) is 7.69. The van der Waals surface area contributed by atoms with Crippen molar-refractivity contribution >= 4 is 50.5 Å². The van der Waals surface area contributed by atoms with Crippen LogP contribution in [0.3, 0.4) is 0 Å². The molecule has 0 spiro atoms. The van der Waals surface area contributed by atoms with E-state index in [1.807, 2.05) is 24.3 Å². The van der Waals surface area contributed by atoms with Gasteiger partial charge in [0, 0.05) is 16.1 Å². The summed E-state index contributed by atoms with van der Waals surface area (Å²) in [5.74, 6) is 0.845. The third-order valence-corrected chi connectivity index (χ3v) is 5.48. The molecule has 0 saturated carbocycles. The van der Waals surface area contributed by atoms with E-state index in [9.17, 15) is 0 Å². The summed E-state index contributed by atoms with van der Waals surface area (Å²) in [6.07, 6.45) is 0.804. The van der Waals surface area contributed by atoms with Crippen LogP contribution in [0.4, 0.5) is 0 Å². The van der Waals surface area contributed by atoms with Gasteiger partial charge in [-0.05, 0) is 42.8 Å². The van der Waals surface area contributed by atoms with Gasteiger partial charge in [-0.1, -0.05) is 46.1 Å². The van der Waals surface area contributed by atoms with Crippen LogP contribution in [0.25, 0.3) is 0 Å². The van der Waals surface area contributed by atoms with E-state index >= 15 is 0 Å². The highest BCUT2D eigenvalue weighted by atomic mass is 79.9. The molecule has 0 saturated heterocycles. The Labute approximate surface area is 147 Å². The first kappa shape index (κ1) is 17.1. The first-order valence-electron chi connectivity index (χ1n) is 6.55. The largest absolute Gasteiger partial charge is 0.497 e. The second-order valence-electron chi connectivity index (χ2n) is 4.55. The van der Waals surface area contributed by atoms with Gasteiger partial charge in [-0.15, -0.1) is 11.3 Å². The van der Waals surface area contributed by atoms with Crippen molar-refractivity contribution in [3.63, 3.8) is 0 Å². The van der Waals surface area contributed by atoms with Gasteiger partial charge >= 0.3 is 0 Å². The standard InChI is InChI=1S/C15H16BrCl2NOS/c1-3-19-13(11-8-14(17)21-15(11)18)7-9-6-10(20-2)4-5-12(9)16/h4-6,8,13,19H,3,7H2,1-2H3. The number of methoxy groups -OCH3 is 1. The third kappa shape index (κ3) is 4.36. The molecule has 6 heteroatoms. The van der Waals surface area contributed by atoms with Crippen molar-refractivity contribution in [1.82, 2.24) is 5.32 Å². The summed E-state index contributed by atoms with van der Waals surface area (Å²) >= 11 is 17.4. The van der Waals surface area contributed by atoms with E-state index < -0.39 is 0 Å². The Morgan fingerprint density at radius 2 is 2.10 bits per heavy atom. The Hall–Kier alpha value is -0.260. The molecule has 0 fully saturated rings. The maximum Gasteiger partial charge on any atom is 0.119 e. The Morgan fingerprint density at radius 1 is 1.33 bits per heavy atom. The minimum Gasteiger partial charge on any atom is -0.497 e. The summed E-state index contributed by atoms with van der Waals surface area (Å²) in [5, 5.41) is 3.47. The molecule has 0 radical (unpaired) electrons. The molecule has 2 rings (SSSR count). The Balaban J connectivity index is 2.30. The predicted octanol–water partition coefficient (Wildman–Crippen LogP) is 5.72. The summed E-state index contributed by atoms with van der Waals surface area (Å²) in [4.78, 5) is 0. The quantitative estimate of drug-likeness (QED) is 0.659. The summed E-state index contributed by atoms with van der Waals surface area (Å²) in [6, 6.07) is 8.03. The van der Waals surface area contributed by atoms with E-state index in [1.165, 1.54) is 16.9 Å². The fourth-order valence-corrected chi connectivity index (χ4v) is 4.17. The van der Waals surface area contributed by atoms with Gasteiger partial charge in [0.25, 0.3) is 0 Å². The Morgan fingerprint density at radius 3 is 2.67 bits per heavy atom. The van der Waals surface area contributed by atoms with Crippen LogP contribution >= 0.6 is 50.5 Å². The number of hydrogen-bond acceptors (Lipinski definition) is 3. The van der Waals surface area contributed by atoms with Gasteiger partial charge in [-0.2, -0.15) is 0 Å². The van der Waals surface area contributed by atoms with Crippen molar-refractivity contribution < 1.29 is 4.74 Å². The molecule has 2 aromatic rings. The molecule has 114 valence electrons. The fraction of sp³-hybridized carbons (Fsp3) is 0.333. The molecular weight excluding hydrogens is 393 g/mol. The molecule has 1 aromatic carbocycles. The zero-order valence-electron chi connectivity index (χ0n) is 11.8. The highest BCUT2D eigenvalue weighted by molar-refractivity contribution is 9.10. The molecule has 1 atom stereocenters. The van der Waals surface area contributed by atoms with Crippen LogP contribution in [0.1, 0.15) is 24.1 Å². The zero-order chi connectivity index (χ0) is 15.4. The first-order valence-corrected chi connectivity index (χ1v) is 8.92. The van der Waals surface area contributed by atoms with Crippen LogP contribution in [-0.2, 0) is 6.42 Å². The van der Waals surface area contributed by atoms with Crippen molar-refractivity contribution in [2.24, 2.45) is 0 Å². The lowest BCUT2D eigenvalue weighted by atomic mass is 10.0. The third-order valence-electron chi connectivity index (χ3n) is 3.19. The highest BCUT2D eigenvalue weighted by Crippen LogP contribution is 2.37. The molecular formula is C15H16BrCl2NOS. The van der Waals surface area contributed by atoms with Gasteiger partial charge in [0.1, 0.15) is 5.75 Å². The average molecular weight is 409 g/mol. The van der Waals surface area contributed by atoms with Crippen LogP contribution in [-0.4, -0.2) is 13.7 Å². The normalized spacial score (nSPS) is 12.4. The van der Waals surface area contributed by atoms with E-state index in [-0.39, 0.29) is 6.04 Å². The van der Waals surface area contributed by atoms with Crippen molar-refractivity contribution in [3.05, 3.63) is 48.5 Å². The lowest BCUT2D eigenvalue weighted by Crippen LogP contribution is -2.23. The monoisotopic (exact) mass is 407 g/mol. The highest BCUT2D eigenvalue weighted by Gasteiger charge is 2.18. The molecule has 0 amide bonds. The number of nitrogens with one attached hydrogen (secondary N) is 1. The van der Waals surface area contributed by atoms with Crippen LogP contribution in [0.15, 0.2) is 28.7 Å². The van der Waals surface area contributed by atoms with E-state index in [0.29, 0.717) is 4.34 Å². The van der Waals surface area contributed by atoms with Crippen LogP contribution in [0.5, 0.6) is 5.75 Å².